The van der Waals surface area contributed by atoms with Gasteiger partial charge in [-0.3, -0.25) is 0 Å². The van der Waals surface area contributed by atoms with E-state index in [-0.39, 0.29) is 0 Å². The lowest BCUT2D eigenvalue weighted by Gasteiger charge is -2.25. The zero-order chi connectivity index (χ0) is 9.68. The zero-order valence-electron chi connectivity index (χ0n) is 9.14. The van der Waals surface area contributed by atoms with Crippen LogP contribution in [0.25, 0.3) is 0 Å². The van der Waals surface area contributed by atoms with Gasteiger partial charge in [-0.1, -0.05) is 26.3 Å². The SMILES string of the molecule is CCCCC1=C(CC)CC=CN1C. The van der Waals surface area contributed by atoms with Crippen LogP contribution in [0.15, 0.2) is 23.5 Å². The van der Waals surface area contributed by atoms with E-state index in [1.54, 1.807) is 11.3 Å². The highest BCUT2D eigenvalue weighted by Gasteiger charge is 2.10. The van der Waals surface area contributed by atoms with E-state index in [0.29, 0.717) is 0 Å². The van der Waals surface area contributed by atoms with Gasteiger partial charge in [-0.25, -0.2) is 0 Å². The Morgan fingerprint density at radius 1 is 1.38 bits per heavy atom. The quantitative estimate of drug-likeness (QED) is 0.636. The van der Waals surface area contributed by atoms with Crippen LogP contribution in [0.4, 0.5) is 0 Å². The second kappa shape index (κ2) is 5.11. The van der Waals surface area contributed by atoms with Crippen molar-refractivity contribution in [3.63, 3.8) is 0 Å². The van der Waals surface area contributed by atoms with Gasteiger partial charge in [0.25, 0.3) is 0 Å². The van der Waals surface area contributed by atoms with Crippen LogP contribution in [0, 0.1) is 0 Å². The van der Waals surface area contributed by atoms with E-state index in [2.05, 4.69) is 38.1 Å². The molecule has 0 saturated carbocycles. The second-order valence-electron chi connectivity index (χ2n) is 3.71. The summed E-state index contributed by atoms with van der Waals surface area (Å²) in [6.45, 7) is 4.51. The topological polar surface area (TPSA) is 3.24 Å². The molecule has 0 saturated heterocycles. The largest absolute Gasteiger partial charge is 0.355 e. The van der Waals surface area contributed by atoms with Crippen LogP contribution in [0.5, 0.6) is 0 Å². The van der Waals surface area contributed by atoms with Gasteiger partial charge in [-0.2, -0.15) is 0 Å². The maximum absolute atomic E-state index is 2.29. The van der Waals surface area contributed by atoms with Gasteiger partial charge in [-0.15, -0.1) is 0 Å². The maximum Gasteiger partial charge on any atom is 0.0166 e. The van der Waals surface area contributed by atoms with E-state index in [9.17, 15) is 0 Å². The van der Waals surface area contributed by atoms with Gasteiger partial charge in [-0.05, 0) is 37.5 Å². The van der Waals surface area contributed by atoms with Crippen LogP contribution >= 0.6 is 0 Å². The van der Waals surface area contributed by atoms with E-state index in [1.807, 2.05) is 0 Å². The summed E-state index contributed by atoms with van der Waals surface area (Å²) in [5, 5.41) is 0. The van der Waals surface area contributed by atoms with Crippen LogP contribution in [0.1, 0.15) is 46.0 Å². The predicted molar refractivity (Wildman–Crippen MR) is 58.4 cm³/mol. The van der Waals surface area contributed by atoms with Gasteiger partial charge in [0.2, 0.25) is 0 Å². The minimum Gasteiger partial charge on any atom is -0.355 e. The fourth-order valence-electron chi connectivity index (χ4n) is 1.86. The molecular formula is C12H21N. The van der Waals surface area contributed by atoms with E-state index in [4.69, 9.17) is 0 Å². The Kier molecular flexibility index (Phi) is 4.07. The molecule has 74 valence electrons. The molecule has 0 aliphatic carbocycles. The van der Waals surface area contributed by atoms with Gasteiger partial charge in [0, 0.05) is 12.7 Å². The van der Waals surface area contributed by atoms with Gasteiger partial charge in [0.1, 0.15) is 0 Å². The van der Waals surface area contributed by atoms with Crippen LogP contribution in [-0.4, -0.2) is 11.9 Å². The van der Waals surface area contributed by atoms with Crippen molar-refractivity contribution in [2.45, 2.75) is 46.0 Å². The Hall–Kier alpha value is -0.720. The Labute approximate surface area is 82.1 Å². The molecule has 0 spiro atoms. The molecule has 0 bridgehead atoms. The van der Waals surface area contributed by atoms with Crippen LogP contribution < -0.4 is 0 Å². The molecule has 0 atom stereocenters. The highest BCUT2D eigenvalue weighted by atomic mass is 15.1. The average Bonchev–Trinajstić information content (AvgIpc) is 2.15. The molecule has 0 aromatic rings. The van der Waals surface area contributed by atoms with Crippen molar-refractivity contribution < 1.29 is 0 Å². The van der Waals surface area contributed by atoms with Crippen molar-refractivity contribution >= 4 is 0 Å². The summed E-state index contributed by atoms with van der Waals surface area (Å²) >= 11 is 0. The van der Waals surface area contributed by atoms with Crippen LogP contribution in [-0.2, 0) is 0 Å². The summed E-state index contributed by atoms with van der Waals surface area (Å²) in [6, 6.07) is 0. The molecule has 0 N–H and O–H groups in total. The standard InChI is InChI=1S/C12H21N/c1-4-6-9-12-11(5-2)8-7-10-13(12)3/h7,10H,4-6,8-9H2,1-3H3. The number of hydrogen-bond donors (Lipinski definition) is 0. The highest BCUT2D eigenvalue weighted by molar-refractivity contribution is 5.21. The molecule has 0 unspecified atom stereocenters. The number of hydrogen-bond acceptors (Lipinski definition) is 1. The van der Waals surface area contributed by atoms with Crippen molar-refractivity contribution in [3.05, 3.63) is 23.5 Å². The van der Waals surface area contributed by atoms with Gasteiger partial charge in [0.15, 0.2) is 0 Å². The first-order chi connectivity index (χ1) is 6.29. The minimum absolute atomic E-state index is 1.17. The van der Waals surface area contributed by atoms with E-state index >= 15 is 0 Å². The monoisotopic (exact) mass is 179 g/mol. The number of allylic oxidation sites excluding steroid dienone is 3. The van der Waals surface area contributed by atoms with E-state index in [1.165, 1.54) is 32.1 Å². The Balaban J connectivity index is 2.65. The molecule has 1 nitrogen and oxygen atoms in total. The molecule has 0 aromatic carbocycles. The normalized spacial score (nSPS) is 17.0. The first kappa shape index (κ1) is 10.4. The Morgan fingerprint density at radius 2 is 2.15 bits per heavy atom. The third-order valence-electron chi connectivity index (χ3n) is 2.72. The summed E-state index contributed by atoms with van der Waals surface area (Å²) < 4.78 is 0. The molecule has 0 amide bonds. The third-order valence-corrected chi connectivity index (χ3v) is 2.72. The van der Waals surface area contributed by atoms with E-state index in [0.717, 1.165) is 0 Å². The molecular weight excluding hydrogens is 158 g/mol. The predicted octanol–water partition coefficient (Wildman–Crippen LogP) is 3.69. The second-order valence-corrected chi connectivity index (χ2v) is 3.71. The van der Waals surface area contributed by atoms with Crippen molar-refractivity contribution in [2.24, 2.45) is 0 Å². The smallest absolute Gasteiger partial charge is 0.0166 e. The molecule has 1 heterocycles. The molecule has 0 fully saturated rings. The highest BCUT2D eigenvalue weighted by Crippen LogP contribution is 2.25. The van der Waals surface area contributed by atoms with Gasteiger partial charge >= 0.3 is 0 Å². The Morgan fingerprint density at radius 3 is 2.77 bits per heavy atom. The third kappa shape index (κ3) is 2.61. The van der Waals surface area contributed by atoms with Crippen molar-refractivity contribution in [2.75, 3.05) is 7.05 Å². The molecule has 0 aromatic heterocycles. The Bertz CT molecular complexity index is 213. The fraction of sp³-hybridized carbons (Fsp3) is 0.667. The summed E-state index contributed by atoms with van der Waals surface area (Å²) in [5.74, 6) is 0. The molecule has 13 heavy (non-hydrogen) atoms. The van der Waals surface area contributed by atoms with Crippen molar-refractivity contribution in [1.82, 2.24) is 4.90 Å². The lowest BCUT2D eigenvalue weighted by atomic mass is 10.0. The summed E-state index contributed by atoms with van der Waals surface area (Å²) in [4.78, 5) is 2.29. The number of rotatable bonds is 4. The fourth-order valence-corrected chi connectivity index (χ4v) is 1.86. The zero-order valence-corrected chi connectivity index (χ0v) is 9.14. The van der Waals surface area contributed by atoms with Gasteiger partial charge in [0.05, 0.1) is 0 Å². The van der Waals surface area contributed by atoms with Crippen LogP contribution in [0.2, 0.25) is 0 Å². The van der Waals surface area contributed by atoms with E-state index < -0.39 is 0 Å². The molecule has 1 aliphatic heterocycles. The summed E-state index contributed by atoms with van der Waals surface area (Å²) in [5.41, 5.74) is 3.19. The van der Waals surface area contributed by atoms with Crippen LogP contribution in [0.3, 0.4) is 0 Å². The average molecular weight is 179 g/mol. The molecule has 1 heteroatoms. The molecule has 1 rings (SSSR count). The lowest BCUT2D eigenvalue weighted by Crippen LogP contribution is -2.15. The minimum atomic E-state index is 1.17. The summed E-state index contributed by atoms with van der Waals surface area (Å²) in [6.07, 6.45) is 10.7. The number of nitrogens with zero attached hydrogens (tertiary/aromatic N) is 1. The summed E-state index contributed by atoms with van der Waals surface area (Å²) in [7, 11) is 2.16. The first-order valence-electron chi connectivity index (χ1n) is 5.40. The van der Waals surface area contributed by atoms with Gasteiger partial charge < -0.3 is 4.90 Å². The van der Waals surface area contributed by atoms with Crippen molar-refractivity contribution in [3.8, 4) is 0 Å². The molecule has 1 aliphatic rings. The first-order valence-corrected chi connectivity index (χ1v) is 5.40. The number of unbranched alkanes of at least 4 members (excludes halogenated alkanes) is 1. The lowest BCUT2D eigenvalue weighted by molar-refractivity contribution is 0.500. The maximum atomic E-state index is 2.29. The van der Waals surface area contributed by atoms with Crippen molar-refractivity contribution in [1.29, 1.82) is 0 Å². The molecule has 0 radical (unpaired) electrons.